The number of aromatic hydroxyl groups is 1. The Hall–Kier alpha value is -1.82. The SMILES string of the molecule is COc1cc([N+](=O)[O-])cc([C@H](C)N)c1O. The van der Waals surface area contributed by atoms with Gasteiger partial charge in [-0.1, -0.05) is 0 Å². The average Bonchev–Trinajstić information content (AvgIpc) is 2.17. The fraction of sp³-hybridized carbons (Fsp3) is 0.333. The fourth-order valence-corrected chi connectivity index (χ4v) is 1.22. The first-order chi connectivity index (χ1) is 6.97. The summed E-state index contributed by atoms with van der Waals surface area (Å²) in [6.07, 6.45) is 0. The summed E-state index contributed by atoms with van der Waals surface area (Å²) in [6, 6.07) is 1.89. The van der Waals surface area contributed by atoms with Gasteiger partial charge in [0.05, 0.1) is 18.1 Å². The van der Waals surface area contributed by atoms with E-state index in [1.54, 1.807) is 6.92 Å². The molecule has 82 valence electrons. The molecule has 0 heterocycles. The Bertz CT molecular complexity index is 390. The van der Waals surface area contributed by atoms with Crippen molar-refractivity contribution in [2.24, 2.45) is 5.73 Å². The number of hydrogen-bond donors (Lipinski definition) is 2. The van der Waals surface area contributed by atoms with E-state index in [0.717, 1.165) is 6.07 Å². The first kappa shape index (κ1) is 11.3. The molecular weight excluding hydrogens is 200 g/mol. The molecule has 0 fully saturated rings. The molecular formula is C9H12N2O4. The van der Waals surface area contributed by atoms with E-state index in [1.807, 2.05) is 0 Å². The van der Waals surface area contributed by atoms with Gasteiger partial charge in [0.1, 0.15) is 0 Å². The van der Waals surface area contributed by atoms with Gasteiger partial charge in [-0.25, -0.2) is 0 Å². The van der Waals surface area contributed by atoms with Gasteiger partial charge in [0.25, 0.3) is 5.69 Å². The standard InChI is InChI=1S/C9H12N2O4/c1-5(10)7-3-6(11(13)14)4-8(15-2)9(7)12/h3-5,12H,10H2,1-2H3/t5-/m0/s1. The molecule has 0 saturated carbocycles. The summed E-state index contributed by atoms with van der Waals surface area (Å²) in [6.45, 7) is 1.62. The van der Waals surface area contributed by atoms with Gasteiger partial charge < -0.3 is 15.6 Å². The van der Waals surface area contributed by atoms with E-state index in [1.165, 1.54) is 13.2 Å². The Labute approximate surface area is 86.4 Å². The number of phenols is 1. The van der Waals surface area contributed by atoms with Crippen LogP contribution in [0.4, 0.5) is 5.69 Å². The second-order valence-electron chi connectivity index (χ2n) is 3.13. The van der Waals surface area contributed by atoms with Crippen molar-refractivity contribution in [1.82, 2.24) is 0 Å². The molecule has 15 heavy (non-hydrogen) atoms. The van der Waals surface area contributed by atoms with Gasteiger partial charge in [0.15, 0.2) is 11.5 Å². The lowest BCUT2D eigenvalue weighted by Gasteiger charge is -2.11. The first-order valence-electron chi connectivity index (χ1n) is 4.28. The zero-order valence-electron chi connectivity index (χ0n) is 8.43. The van der Waals surface area contributed by atoms with E-state index in [0.29, 0.717) is 5.56 Å². The van der Waals surface area contributed by atoms with Gasteiger partial charge in [0.2, 0.25) is 0 Å². The lowest BCUT2D eigenvalue weighted by Crippen LogP contribution is -2.06. The summed E-state index contributed by atoms with van der Waals surface area (Å²) in [5, 5.41) is 20.2. The number of nitrogens with two attached hydrogens (primary N) is 1. The Morgan fingerprint density at radius 3 is 2.60 bits per heavy atom. The number of benzene rings is 1. The number of rotatable bonds is 3. The normalized spacial score (nSPS) is 12.2. The molecule has 0 radical (unpaired) electrons. The summed E-state index contributed by atoms with van der Waals surface area (Å²) in [5.41, 5.74) is 5.71. The highest BCUT2D eigenvalue weighted by Gasteiger charge is 2.18. The number of methoxy groups -OCH3 is 1. The molecule has 1 rings (SSSR count). The van der Waals surface area contributed by atoms with E-state index in [2.05, 4.69) is 0 Å². The Kier molecular flexibility index (Phi) is 3.11. The van der Waals surface area contributed by atoms with E-state index >= 15 is 0 Å². The molecule has 0 unspecified atom stereocenters. The van der Waals surface area contributed by atoms with Crippen molar-refractivity contribution in [3.05, 3.63) is 27.8 Å². The maximum absolute atomic E-state index is 10.6. The third kappa shape index (κ3) is 2.16. The molecule has 0 amide bonds. The molecule has 0 saturated heterocycles. The molecule has 1 aromatic rings. The molecule has 6 nitrogen and oxygen atoms in total. The van der Waals surface area contributed by atoms with Crippen LogP contribution in [0.25, 0.3) is 0 Å². The number of nitro benzene ring substituents is 1. The smallest absolute Gasteiger partial charge is 0.273 e. The summed E-state index contributed by atoms with van der Waals surface area (Å²) < 4.78 is 4.82. The third-order valence-corrected chi connectivity index (χ3v) is 2.01. The molecule has 0 aliphatic heterocycles. The highest BCUT2D eigenvalue weighted by molar-refractivity contribution is 5.54. The van der Waals surface area contributed by atoms with Crippen molar-refractivity contribution in [2.45, 2.75) is 13.0 Å². The number of phenolic OH excluding ortho intramolecular Hbond substituents is 1. The highest BCUT2D eigenvalue weighted by atomic mass is 16.6. The van der Waals surface area contributed by atoms with E-state index < -0.39 is 11.0 Å². The van der Waals surface area contributed by atoms with Crippen molar-refractivity contribution >= 4 is 5.69 Å². The third-order valence-electron chi connectivity index (χ3n) is 2.01. The molecule has 0 bridgehead atoms. The van der Waals surface area contributed by atoms with Gasteiger partial charge in [-0.3, -0.25) is 10.1 Å². The fourth-order valence-electron chi connectivity index (χ4n) is 1.22. The first-order valence-corrected chi connectivity index (χ1v) is 4.28. The monoisotopic (exact) mass is 212 g/mol. The van der Waals surface area contributed by atoms with Crippen LogP contribution in [-0.4, -0.2) is 17.1 Å². The average molecular weight is 212 g/mol. The molecule has 6 heteroatoms. The summed E-state index contributed by atoms with van der Waals surface area (Å²) in [4.78, 5) is 10.0. The number of nitrogens with zero attached hydrogens (tertiary/aromatic N) is 1. The zero-order chi connectivity index (χ0) is 11.6. The van der Waals surface area contributed by atoms with Crippen molar-refractivity contribution < 1.29 is 14.8 Å². The van der Waals surface area contributed by atoms with Crippen LogP contribution in [0.3, 0.4) is 0 Å². The van der Waals surface area contributed by atoms with Crippen molar-refractivity contribution in [3.63, 3.8) is 0 Å². The van der Waals surface area contributed by atoms with Crippen LogP contribution >= 0.6 is 0 Å². The minimum Gasteiger partial charge on any atom is -0.504 e. The van der Waals surface area contributed by atoms with Crippen LogP contribution in [0, 0.1) is 10.1 Å². The molecule has 0 aliphatic rings. The quantitative estimate of drug-likeness (QED) is 0.581. The van der Waals surface area contributed by atoms with Gasteiger partial charge in [0, 0.05) is 17.7 Å². The van der Waals surface area contributed by atoms with Crippen molar-refractivity contribution in [3.8, 4) is 11.5 Å². The number of non-ortho nitro benzene ring substituents is 1. The maximum Gasteiger partial charge on any atom is 0.273 e. The minimum atomic E-state index is -0.562. The second-order valence-corrected chi connectivity index (χ2v) is 3.13. The topological polar surface area (TPSA) is 98.6 Å². The lowest BCUT2D eigenvalue weighted by molar-refractivity contribution is -0.385. The molecule has 0 aliphatic carbocycles. The lowest BCUT2D eigenvalue weighted by atomic mass is 10.1. The van der Waals surface area contributed by atoms with Gasteiger partial charge in [-0.05, 0) is 6.92 Å². The Morgan fingerprint density at radius 1 is 1.60 bits per heavy atom. The zero-order valence-corrected chi connectivity index (χ0v) is 8.43. The molecule has 1 aromatic carbocycles. The van der Waals surface area contributed by atoms with Crippen LogP contribution < -0.4 is 10.5 Å². The van der Waals surface area contributed by atoms with E-state index in [-0.39, 0.29) is 17.2 Å². The van der Waals surface area contributed by atoms with E-state index in [4.69, 9.17) is 10.5 Å². The molecule has 3 N–H and O–H groups in total. The van der Waals surface area contributed by atoms with Gasteiger partial charge >= 0.3 is 0 Å². The minimum absolute atomic E-state index is 0.0523. The second kappa shape index (κ2) is 4.14. The molecule has 0 spiro atoms. The predicted octanol–water partition coefficient (Wildman–Crippen LogP) is 1.33. The number of ether oxygens (including phenoxy) is 1. The number of hydrogen-bond acceptors (Lipinski definition) is 5. The van der Waals surface area contributed by atoms with Crippen LogP contribution in [0.5, 0.6) is 11.5 Å². The van der Waals surface area contributed by atoms with Crippen molar-refractivity contribution in [2.75, 3.05) is 7.11 Å². The largest absolute Gasteiger partial charge is 0.504 e. The van der Waals surface area contributed by atoms with Crippen LogP contribution in [-0.2, 0) is 0 Å². The highest BCUT2D eigenvalue weighted by Crippen LogP contribution is 2.36. The van der Waals surface area contributed by atoms with Crippen LogP contribution in [0.1, 0.15) is 18.5 Å². The predicted molar refractivity (Wildman–Crippen MR) is 53.9 cm³/mol. The Balaban J connectivity index is 3.38. The summed E-state index contributed by atoms with van der Waals surface area (Å²) >= 11 is 0. The van der Waals surface area contributed by atoms with Crippen LogP contribution in [0.2, 0.25) is 0 Å². The number of nitro groups is 1. The van der Waals surface area contributed by atoms with Gasteiger partial charge in [-0.2, -0.15) is 0 Å². The molecule has 1 atom stereocenters. The van der Waals surface area contributed by atoms with Crippen LogP contribution in [0.15, 0.2) is 12.1 Å². The Morgan fingerprint density at radius 2 is 2.20 bits per heavy atom. The van der Waals surface area contributed by atoms with Gasteiger partial charge in [-0.15, -0.1) is 0 Å². The summed E-state index contributed by atoms with van der Waals surface area (Å²) in [7, 11) is 1.32. The summed E-state index contributed by atoms with van der Waals surface area (Å²) in [5.74, 6) is -0.102. The van der Waals surface area contributed by atoms with Crippen molar-refractivity contribution in [1.29, 1.82) is 0 Å². The van der Waals surface area contributed by atoms with E-state index in [9.17, 15) is 15.2 Å². The maximum atomic E-state index is 10.6. The molecule has 0 aromatic heterocycles.